The van der Waals surface area contributed by atoms with Crippen LogP contribution in [0.4, 0.5) is 0 Å². The summed E-state index contributed by atoms with van der Waals surface area (Å²) in [6.07, 6.45) is -13.0. The molecule has 3 fully saturated rings. The lowest BCUT2D eigenvalue weighted by atomic mass is 9.94. The zero-order chi connectivity index (χ0) is 32.8. The van der Waals surface area contributed by atoms with Gasteiger partial charge in [-0.2, -0.15) is 0 Å². The highest BCUT2D eigenvalue weighted by Crippen LogP contribution is 2.38. The topological polar surface area (TPSA) is 201 Å². The lowest BCUT2D eigenvalue weighted by Crippen LogP contribution is -2.69. The maximum atomic E-state index is 12.3. The van der Waals surface area contributed by atoms with Gasteiger partial charge in [-0.1, -0.05) is 30.3 Å². The summed E-state index contributed by atoms with van der Waals surface area (Å²) >= 11 is 0. The fraction of sp³-hybridized carbons (Fsp3) is 0.621. The predicted molar refractivity (Wildman–Crippen MR) is 145 cm³/mol. The molecule has 0 radical (unpaired) electrons. The van der Waals surface area contributed by atoms with Crippen LogP contribution in [0.3, 0.4) is 0 Å². The highest BCUT2D eigenvalue weighted by molar-refractivity contribution is 5.73. The molecule has 0 bridgehead atoms. The Morgan fingerprint density at radius 2 is 1.42 bits per heavy atom. The van der Waals surface area contributed by atoms with Gasteiger partial charge in [0.1, 0.15) is 37.1 Å². The number of aliphatic hydroxyl groups is 1. The number of nitrogens with one attached hydrogen (secondary N) is 1. The average Bonchev–Trinajstić information content (AvgIpc) is 2.96. The Morgan fingerprint density at radius 1 is 0.800 bits per heavy atom. The van der Waals surface area contributed by atoms with E-state index < -0.39 is 104 Å². The highest BCUT2D eigenvalue weighted by Gasteiger charge is 2.57. The van der Waals surface area contributed by atoms with Crippen molar-refractivity contribution in [2.75, 3.05) is 13.2 Å². The van der Waals surface area contributed by atoms with E-state index in [0.717, 1.165) is 27.7 Å². The van der Waals surface area contributed by atoms with E-state index in [4.69, 9.17) is 42.6 Å². The van der Waals surface area contributed by atoms with Crippen LogP contribution in [0.5, 0.6) is 0 Å². The Kier molecular flexibility index (Phi) is 11.5. The van der Waals surface area contributed by atoms with Gasteiger partial charge in [0.05, 0.1) is 6.61 Å². The zero-order valence-electron chi connectivity index (χ0n) is 25.3. The molecular weight excluding hydrogens is 602 g/mol. The number of fused-ring (bicyclic) bond motifs is 1. The Balaban J connectivity index is 1.74. The fourth-order valence-corrected chi connectivity index (χ4v) is 5.37. The van der Waals surface area contributed by atoms with Gasteiger partial charge in [-0.3, -0.25) is 24.0 Å². The number of carbonyl (C=O) groups is 5. The van der Waals surface area contributed by atoms with E-state index >= 15 is 0 Å². The van der Waals surface area contributed by atoms with E-state index in [-0.39, 0.29) is 6.61 Å². The zero-order valence-corrected chi connectivity index (χ0v) is 25.3. The lowest BCUT2D eigenvalue weighted by Gasteiger charge is -2.50. The van der Waals surface area contributed by atoms with Gasteiger partial charge in [0.25, 0.3) is 0 Å². The summed E-state index contributed by atoms with van der Waals surface area (Å²) in [5, 5.41) is 13.5. The standard InChI is InChI=1S/C29H37NO15/c1-13(31)30-21-24(22-19(42-27(21)36)12-38-28(44-22)18-9-7-6-8-10-18)45-29-26(41-17(5)35)25(40-16(4)34)23(39-15(3)33)20(43-29)11-37-14(2)32/h6-10,19-29,36H,11-12H2,1-5H3,(H,30,31)/t19-,20-,21-,22-,23+,24-,25+,26-,27?,28-,29+/m1/s1. The SMILES string of the molecule is CC(=O)N[C@H]1C(O)O[C@@H]2CO[C@@H](c3ccccc3)O[C@H]2[C@@H]1O[C@@H]1O[C@H](COC(C)=O)[C@H](OC(C)=O)[C@H](OC(C)=O)[C@H]1OC(C)=O. The molecule has 3 aliphatic rings. The van der Waals surface area contributed by atoms with Gasteiger partial charge < -0.3 is 53.1 Å². The molecule has 16 nitrogen and oxygen atoms in total. The molecule has 1 unspecified atom stereocenters. The molecular formula is C29H37NO15. The maximum Gasteiger partial charge on any atom is 0.303 e. The Hall–Kier alpha value is -3.67. The van der Waals surface area contributed by atoms with Crippen LogP contribution in [-0.4, -0.2) is 109 Å². The lowest BCUT2D eigenvalue weighted by molar-refractivity contribution is -0.374. The second kappa shape index (κ2) is 15.1. The van der Waals surface area contributed by atoms with Gasteiger partial charge in [-0.25, -0.2) is 0 Å². The van der Waals surface area contributed by atoms with Crippen LogP contribution >= 0.6 is 0 Å². The first-order valence-corrected chi connectivity index (χ1v) is 14.2. The maximum absolute atomic E-state index is 12.3. The first-order chi connectivity index (χ1) is 21.3. The number of ether oxygens (including phenoxy) is 9. The minimum absolute atomic E-state index is 0.0352. The highest BCUT2D eigenvalue weighted by atomic mass is 16.8. The number of hydrogen-bond acceptors (Lipinski definition) is 15. The molecule has 0 aliphatic carbocycles. The summed E-state index contributed by atoms with van der Waals surface area (Å²) in [5.41, 5.74) is 0.671. The van der Waals surface area contributed by atoms with Crippen LogP contribution in [0.1, 0.15) is 46.5 Å². The number of carbonyl (C=O) groups excluding carboxylic acids is 5. The van der Waals surface area contributed by atoms with E-state index in [2.05, 4.69) is 5.32 Å². The van der Waals surface area contributed by atoms with Gasteiger partial charge in [0.15, 0.2) is 37.2 Å². The van der Waals surface area contributed by atoms with Crippen LogP contribution in [-0.2, 0) is 66.6 Å². The van der Waals surface area contributed by atoms with E-state index in [9.17, 15) is 29.1 Å². The normalized spacial score (nSPS) is 34.4. The summed E-state index contributed by atoms with van der Waals surface area (Å²) in [6, 6.07) is 7.72. The van der Waals surface area contributed by atoms with Crippen LogP contribution in [0.15, 0.2) is 30.3 Å². The second-order valence-corrected chi connectivity index (χ2v) is 10.6. The summed E-state index contributed by atoms with van der Waals surface area (Å²) in [6.45, 7) is 5.15. The molecule has 4 rings (SSSR count). The van der Waals surface area contributed by atoms with Crippen molar-refractivity contribution in [2.45, 2.75) is 102 Å². The van der Waals surface area contributed by atoms with Crippen LogP contribution in [0.25, 0.3) is 0 Å². The van der Waals surface area contributed by atoms with Crippen molar-refractivity contribution in [3.63, 3.8) is 0 Å². The van der Waals surface area contributed by atoms with Gasteiger partial charge in [-0.15, -0.1) is 0 Å². The van der Waals surface area contributed by atoms with Crippen LogP contribution in [0.2, 0.25) is 0 Å². The summed E-state index contributed by atoms with van der Waals surface area (Å²) in [4.78, 5) is 60.5. The number of rotatable bonds is 9. The summed E-state index contributed by atoms with van der Waals surface area (Å²) in [5.74, 6) is -3.67. The van der Waals surface area contributed by atoms with Gasteiger partial charge in [-0.05, 0) is 0 Å². The molecule has 45 heavy (non-hydrogen) atoms. The molecule has 2 N–H and O–H groups in total. The fourth-order valence-electron chi connectivity index (χ4n) is 5.37. The third-order valence-electron chi connectivity index (χ3n) is 7.04. The van der Waals surface area contributed by atoms with Crippen molar-refractivity contribution >= 4 is 29.8 Å². The van der Waals surface area contributed by atoms with Gasteiger partial charge in [0.2, 0.25) is 5.91 Å². The van der Waals surface area contributed by atoms with Crippen molar-refractivity contribution in [3.8, 4) is 0 Å². The quantitative estimate of drug-likeness (QED) is 0.265. The monoisotopic (exact) mass is 639 g/mol. The molecule has 11 atom stereocenters. The van der Waals surface area contributed by atoms with E-state index in [1.807, 2.05) is 6.07 Å². The average molecular weight is 640 g/mol. The smallest absolute Gasteiger partial charge is 0.303 e. The van der Waals surface area contributed by atoms with Gasteiger partial charge >= 0.3 is 23.9 Å². The van der Waals surface area contributed by atoms with Crippen LogP contribution < -0.4 is 5.32 Å². The molecule has 248 valence electrons. The number of aliphatic hydroxyl groups excluding tert-OH is 1. The molecule has 1 aromatic carbocycles. The molecule has 0 saturated carbocycles. The Morgan fingerprint density at radius 3 is 2.02 bits per heavy atom. The van der Waals surface area contributed by atoms with Crippen molar-refractivity contribution in [3.05, 3.63) is 35.9 Å². The second-order valence-electron chi connectivity index (χ2n) is 10.6. The molecule has 3 saturated heterocycles. The molecule has 16 heteroatoms. The van der Waals surface area contributed by atoms with E-state index in [1.165, 1.54) is 6.92 Å². The first kappa shape index (κ1) is 34.2. The predicted octanol–water partition coefficient (Wildman–Crippen LogP) is -0.209. The molecule has 3 aliphatic heterocycles. The Bertz CT molecular complexity index is 1230. The van der Waals surface area contributed by atoms with Crippen molar-refractivity contribution < 1.29 is 71.7 Å². The molecule has 1 aromatic rings. The van der Waals surface area contributed by atoms with Crippen molar-refractivity contribution in [1.82, 2.24) is 5.32 Å². The van der Waals surface area contributed by atoms with E-state index in [1.54, 1.807) is 24.3 Å². The number of benzene rings is 1. The number of amides is 1. The minimum atomic E-state index is -1.61. The molecule has 0 spiro atoms. The number of hydrogen-bond donors (Lipinski definition) is 2. The number of esters is 4. The first-order valence-electron chi connectivity index (χ1n) is 14.2. The molecule has 0 aromatic heterocycles. The van der Waals surface area contributed by atoms with Gasteiger partial charge in [0, 0.05) is 40.2 Å². The van der Waals surface area contributed by atoms with Crippen molar-refractivity contribution in [2.24, 2.45) is 0 Å². The largest absolute Gasteiger partial charge is 0.463 e. The minimum Gasteiger partial charge on any atom is -0.463 e. The summed E-state index contributed by atoms with van der Waals surface area (Å²) < 4.78 is 51.8. The molecule has 1 amide bonds. The van der Waals surface area contributed by atoms with Crippen LogP contribution in [0, 0.1) is 0 Å². The summed E-state index contributed by atoms with van der Waals surface area (Å²) in [7, 11) is 0. The third-order valence-corrected chi connectivity index (χ3v) is 7.04. The van der Waals surface area contributed by atoms with E-state index in [0.29, 0.717) is 5.56 Å². The molecule has 3 heterocycles. The van der Waals surface area contributed by atoms with Crippen molar-refractivity contribution in [1.29, 1.82) is 0 Å². The Labute approximate surface area is 258 Å². The third kappa shape index (κ3) is 8.74.